The molecule has 0 bridgehead atoms. The summed E-state index contributed by atoms with van der Waals surface area (Å²) in [6.07, 6.45) is 10.9. The summed E-state index contributed by atoms with van der Waals surface area (Å²) in [4.78, 5) is 0. The summed E-state index contributed by atoms with van der Waals surface area (Å²) in [6.45, 7) is 16.0. The Bertz CT molecular complexity index is 169. The summed E-state index contributed by atoms with van der Waals surface area (Å²) in [5.74, 6) is 3.48. The van der Waals surface area contributed by atoms with Crippen molar-refractivity contribution in [1.82, 2.24) is 0 Å². The standard InChI is InChI=1S/C18H37/c1-7-15(6)12-17(10-4)14-18(11-5)13-16(8-2)9-3/h15-18H,6-14H2,1-5H3. The van der Waals surface area contributed by atoms with E-state index >= 15 is 0 Å². The van der Waals surface area contributed by atoms with E-state index < -0.39 is 0 Å². The van der Waals surface area contributed by atoms with Gasteiger partial charge in [-0.2, -0.15) is 0 Å². The largest absolute Gasteiger partial charge is 0.0651 e. The molecule has 0 saturated heterocycles. The molecule has 109 valence electrons. The molecule has 0 amide bonds. The quantitative estimate of drug-likeness (QED) is 0.394. The Morgan fingerprint density at radius 1 is 0.556 bits per heavy atom. The van der Waals surface area contributed by atoms with Gasteiger partial charge >= 0.3 is 0 Å². The number of hydrogen-bond acceptors (Lipinski definition) is 0. The van der Waals surface area contributed by atoms with Gasteiger partial charge in [0.2, 0.25) is 0 Å². The highest BCUT2D eigenvalue weighted by Crippen LogP contribution is 2.31. The van der Waals surface area contributed by atoms with Crippen LogP contribution in [-0.2, 0) is 0 Å². The van der Waals surface area contributed by atoms with Crippen molar-refractivity contribution in [2.24, 2.45) is 23.7 Å². The van der Waals surface area contributed by atoms with Crippen molar-refractivity contribution in [2.45, 2.75) is 86.0 Å². The van der Waals surface area contributed by atoms with Gasteiger partial charge in [-0.15, -0.1) is 0 Å². The Balaban J connectivity index is 4.21. The van der Waals surface area contributed by atoms with Gasteiger partial charge in [0.25, 0.3) is 0 Å². The van der Waals surface area contributed by atoms with Crippen LogP contribution in [-0.4, -0.2) is 0 Å². The second-order valence-corrected chi connectivity index (χ2v) is 6.21. The molecule has 0 rings (SSSR count). The van der Waals surface area contributed by atoms with Crippen molar-refractivity contribution >= 4 is 0 Å². The van der Waals surface area contributed by atoms with E-state index in [1.54, 1.807) is 0 Å². The Kier molecular flexibility index (Phi) is 10.9. The van der Waals surface area contributed by atoms with Crippen LogP contribution in [0.25, 0.3) is 0 Å². The monoisotopic (exact) mass is 253 g/mol. The Hall–Kier alpha value is 0. The summed E-state index contributed by atoms with van der Waals surface area (Å²) < 4.78 is 0. The fourth-order valence-electron chi connectivity index (χ4n) is 3.06. The van der Waals surface area contributed by atoms with Crippen LogP contribution >= 0.6 is 0 Å². The maximum Gasteiger partial charge on any atom is -0.0412 e. The SMILES string of the molecule is [CH2]C(CC)CC(CC)CC(CC)CC(CC)CC. The van der Waals surface area contributed by atoms with Crippen LogP contribution in [0.3, 0.4) is 0 Å². The van der Waals surface area contributed by atoms with Gasteiger partial charge in [-0.25, -0.2) is 0 Å². The summed E-state index contributed by atoms with van der Waals surface area (Å²) in [7, 11) is 0. The zero-order valence-corrected chi connectivity index (χ0v) is 13.7. The highest BCUT2D eigenvalue weighted by Gasteiger charge is 2.18. The molecule has 3 atom stereocenters. The lowest BCUT2D eigenvalue weighted by atomic mass is 9.80. The molecule has 0 aliphatic rings. The molecule has 0 aromatic carbocycles. The van der Waals surface area contributed by atoms with Crippen molar-refractivity contribution in [3.63, 3.8) is 0 Å². The molecule has 0 fully saturated rings. The molecule has 0 aromatic heterocycles. The second kappa shape index (κ2) is 10.9. The zero-order valence-electron chi connectivity index (χ0n) is 13.7. The van der Waals surface area contributed by atoms with Crippen LogP contribution in [0.1, 0.15) is 86.0 Å². The number of hydrogen-bond donors (Lipinski definition) is 0. The van der Waals surface area contributed by atoms with Crippen LogP contribution in [0.5, 0.6) is 0 Å². The minimum Gasteiger partial charge on any atom is -0.0651 e. The first-order valence-electron chi connectivity index (χ1n) is 8.43. The summed E-state index contributed by atoms with van der Waals surface area (Å²) in [6, 6.07) is 0. The molecule has 0 heteroatoms. The zero-order chi connectivity index (χ0) is 14.0. The molecule has 0 spiro atoms. The fourth-order valence-corrected chi connectivity index (χ4v) is 3.06. The first-order chi connectivity index (χ1) is 8.60. The molecular formula is C18H37. The van der Waals surface area contributed by atoms with E-state index in [4.69, 9.17) is 0 Å². The second-order valence-electron chi connectivity index (χ2n) is 6.21. The van der Waals surface area contributed by atoms with Crippen molar-refractivity contribution < 1.29 is 0 Å². The van der Waals surface area contributed by atoms with Crippen molar-refractivity contribution in [2.75, 3.05) is 0 Å². The van der Waals surface area contributed by atoms with Gasteiger partial charge < -0.3 is 0 Å². The van der Waals surface area contributed by atoms with Gasteiger partial charge in [0.05, 0.1) is 0 Å². The Morgan fingerprint density at radius 3 is 1.33 bits per heavy atom. The lowest BCUT2D eigenvalue weighted by Crippen LogP contribution is -2.14. The molecule has 0 heterocycles. The van der Waals surface area contributed by atoms with E-state index in [1.807, 2.05) is 0 Å². The smallest absolute Gasteiger partial charge is 0.0412 e. The van der Waals surface area contributed by atoms with Gasteiger partial charge in [-0.05, 0) is 42.9 Å². The van der Waals surface area contributed by atoms with Gasteiger partial charge in [0.15, 0.2) is 0 Å². The summed E-state index contributed by atoms with van der Waals surface area (Å²) in [5, 5.41) is 0. The average molecular weight is 253 g/mol. The molecule has 0 aliphatic carbocycles. The van der Waals surface area contributed by atoms with E-state index in [2.05, 4.69) is 41.5 Å². The summed E-state index contributed by atoms with van der Waals surface area (Å²) in [5.41, 5.74) is 0. The molecule has 1 radical (unpaired) electrons. The first kappa shape index (κ1) is 18.0. The molecule has 18 heavy (non-hydrogen) atoms. The topological polar surface area (TPSA) is 0 Å². The van der Waals surface area contributed by atoms with Gasteiger partial charge in [-0.3, -0.25) is 0 Å². The number of rotatable bonds is 11. The Labute approximate surface area is 117 Å². The third kappa shape index (κ3) is 7.44. The van der Waals surface area contributed by atoms with E-state index in [9.17, 15) is 0 Å². The van der Waals surface area contributed by atoms with Crippen LogP contribution in [0, 0.1) is 30.6 Å². The highest BCUT2D eigenvalue weighted by molar-refractivity contribution is 4.72. The predicted octanol–water partition coefficient (Wildman–Crippen LogP) is 6.51. The first-order valence-corrected chi connectivity index (χ1v) is 8.43. The molecule has 0 saturated carbocycles. The Morgan fingerprint density at radius 2 is 0.944 bits per heavy atom. The maximum absolute atomic E-state index is 4.27. The molecule has 0 N–H and O–H groups in total. The van der Waals surface area contributed by atoms with Gasteiger partial charge in [0.1, 0.15) is 0 Å². The molecule has 3 unspecified atom stereocenters. The van der Waals surface area contributed by atoms with Gasteiger partial charge in [-0.1, -0.05) is 73.6 Å². The predicted molar refractivity (Wildman–Crippen MR) is 84.6 cm³/mol. The molecule has 0 aliphatic heterocycles. The normalized spacial score (nSPS) is 16.8. The van der Waals surface area contributed by atoms with E-state index in [0.717, 1.165) is 17.8 Å². The van der Waals surface area contributed by atoms with Crippen molar-refractivity contribution in [1.29, 1.82) is 0 Å². The minimum atomic E-state index is 0.667. The molecular weight excluding hydrogens is 216 g/mol. The maximum atomic E-state index is 4.27. The lowest BCUT2D eigenvalue weighted by Gasteiger charge is -2.26. The van der Waals surface area contributed by atoms with Crippen LogP contribution < -0.4 is 0 Å². The summed E-state index contributed by atoms with van der Waals surface area (Å²) >= 11 is 0. The van der Waals surface area contributed by atoms with Crippen LogP contribution in [0.4, 0.5) is 0 Å². The third-order valence-electron chi connectivity index (χ3n) is 4.89. The van der Waals surface area contributed by atoms with Crippen molar-refractivity contribution in [3.8, 4) is 0 Å². The van der Waals surface area contributed by atoms with Crippen molar-refractivity contribution in [3.05, 3.63) is 6.92 Å². The molecule has 0 aromatic rings. The average Bonchev–Trinajstić information content (AvgIpc) is 2.41. The van der Waals surface area contributed by atoms with E-state index in [-0.39, 0.29) is 0 Å². The van der Waals surface area contributed by atoms with Gasteiger partial charge in [0, 0.05) is 0 Å². The minimum absolute atomic E-state index is 0.667. The third-order valence-corrected chi connectivity index (χ3v) is 4.89. The highest BCUT2D eigenvalue weighted by atomic mass is 14.2. The van der Waals surface area contributed by atoms with E-state index in [1.165, 1.54) is 51.4 Å². The lowest BCUT2D eigenvalue weighted by molar-refractivity contribution is 0.260. The fraction of sp³-hybridized carbons (Fsp3) is 0.944. The van der Waals surface area contributed by atoms with Crippen LogP contribution in [0.15, 0.2) is 0 Å². The van der Waals surface area contributed by atoms with Crippen LogP contribution in [0.2, 0.25) is 0 Å². The van der Waals surface area contributed by atoms with E-state index in [0.29, 0.717) is 5.92 Å². The molecule has 0 nitrogen and oxygen atoms in total.